The van der Waals surface area contributed by atoms with Crippen molar-refractivity contribution in [2.75, 3.05) is 0 Å². The van der Waals surface area contributed by atoms with Crippen LogP contribution in [0.15, 0.2) is 12.7 Å². The molecule has 4 N–H and O–H groups in total. The molecule has 0 rings (SSSR count). The van der Waals surface area contributed by atoms with Crippen LogP contribution in [0.4, 0.5) is 0 Å². The van der Waals surface area contributed by atoms with Crippen LogP contribution in [-0.2, 0) is 4.79 Å². The number of allylic oxidation sites excluding steroid dienone is 1. The van der Waals surface area contributed by atoms with E-state index in [4.69, 9.17) is 15.9 Å². The minimum Gasteiger partial charge on any atom is -0.369 e. The molecular weight excluding hydrogens is 206 g/mol. The second-order valence-corrected chi connectivity index (χ2v) is 4.06. The van der Waals surface area contributed by atoms with Crippen molar-refractivity contribution in [2.24, 2.45) is 11.7 Å². The number of aliphatic hydroxyl groups excluding tert-OH is 1. The van der Waals surface area contributed by atoms with Gasteiger partial charge < -0.3 is 15.9 Å². The Kier molecular flexibility index (Phi) is 8.85. The Morgan fingerprint density at radius 3 is 2.25 bits per heavy atom. The normalized spacial score (nSPS) is 12.7. The molecule has 0 spiro atoms. The quantitative estimate of drug-likeness (QED) is 0.300. The number of aliphatic hydroxyl groups is 2. The Labute approximate surface area is 97.2 Å². The topological polar surface area (TPSA) is 83.6 Å². The Bertz CT molecular complexity index is 204. The van der Waals surface area contributed by atoms with Crippen molar-refractivity contribution in [1.29, 1.82) is 0 Å². The van der Waals surface area contributed by atoms with Gasteiger partial charge in [0.1, 0.15) is 0 Å². The number of hydrogen-bond acceptors (Lipinski definition) is 3. The van der Waals surface area contributed by atoms with Gasteiger partial charge in [0.05, 0.1) is 5.92 Å². The summed E-state index contributed by atoms with van der Waals surface area (Å²) in [5, 5.41) is 17.8. The average molecular weight is 229 g/mol. The van der Waals surface area contributed by atoms with E-state index in [9.17, 15) is 4.79 Å². The Morgan fingerprint density at radius 2 is 1.75 bits per heavy atom. The predicted octanol–water partition coefficient (Wildman–Crippen LogP) is 1.32. The molecule has 4 heteroatoms. The highest BCUT2D eigenvalue weighted by Crippen LogP contribution is 2.14. The highest BCUT2D eigenvalue weighted by molar-refractivity contribution is 5.76. The lowest BCUT2D eigenvalue weighted by Crippen LogP contribution is -2.33. The van der Waals surface area contributed by atoms with Crippen molar-refractivity contribution < 1.29 is 15.0 Å². The number of unbranched alkanes of at least 4 members (excludes halogenated alkanes) is 5. The van der Waals surface area contributed by atoms with Crippen LogP contribution in [0.1, 0.15) is 44.9 Å². The number of primary amides is 1. The van der Waals surface area contributed by atoms with Crippen molar-refractivity contribution in [2.45, 2.75) is 51.2 Å². The van der Waals surface area contributed by atoms with Gasteiger partial charge in [-0.2, -0.15) is 0 Å². The zero-order chi connectivity index (χ0) is 12.4. The summed E-state index contributed by atoms with van der Waals surface area (Å²) < 4.78 is 0. The Hall–Kier alpha value is -0.870. The van der Waals surface area contributed by atoms with Crippen molar-refractivity contribution in [3.05, 3.63) is 12.7 Å². The molecule has 0 fully saturated rings. The molecule has 0 aliphatic rings. The van der Waals surface area contributed by atoms with Crippen LogP contribution in [0.25, 0.3) is 0 Å². The summed E-state index contributed by atoms with van der Waals surface area (Å²) >= 11 is 0. The monoisotopic (exact) mass is 229 g/mol. The van der Waals surface area contributed by atoms with E-state index < -0.39 is 18.1 Å². The first-order chi connectivity index (χ1) is 7.59. The molecule has 0 aromatic carbocycles. The molecule has 0 saturated heterocycles. The smallest absolute Gasteiger partial charge is 0.225 e. The molecule has 1 amide bonds. The molecule has 0 aliphatic carbocycles. The van der Waals surface area contributed by atoms with E-state index in [0.29, 0.717) is 6.42 Å². The average Bonchev–Trinajstić information content (AvgIpc) is 2.21. The van der Waals surface area contributed by atoms with Gasteiger partial charge in [0.2, 0.25) is 5.91 Å². The second kappa shape index (κ2) is 9.36. The highest BCUT2D eigenvalue weighted by Gasteiger charge is 2.21. The number of nitrogens with two attached hydrogens (primary N) is 1. The zero-order valence-electron chi connectivity index (χ0n) is 9.77. The van der Waals surface area contributed by atoms with Gasteiger partial charge in [-0.25, -0.2) is 0 Å². The van der Waals surface area contributed by atoms with E-state index in [2.05, 4.69) is 6.58 Å². The predicted molar refractivity (Wildman–Crippen MR) is 63.4 cm³/mol. The van der Waals surface area contributed by atoms with E-state index in [1.807, 2.05) is 6.08 Å². The van der Waals surface area contributed by atoms with Crippen molar-refractivity contribution in [3.8, 4) is 0 Å². The Balaban J connectivity index is 3.48. The molecular formula is C12H23NO3. The molecule has 0 aromatic heterocycles. The minimum absolute atomic E-state index is 0.453. The number of rotatable bonds is 10. The summed E-state index contributed by atoms with van der Waals surface area (Å²) in [6.07, 6.45) is 6.96. The number of carbonyl (C=O) groups is 1. The van der Waals surface area contributed by atoms with Crippen LogP contribution >= 0.6 is 0 Å². The molecule has 0 aromatic rings. The van der Waals surface area contributed by atoms with Crippen LogP contribution in [0.5, 0.6) is 0 Å². The molecule has 16 heavy (non-hydrogen) atoms. The third-order valence-corrected chi connectivity index (χ3v) is 2.65. The maximum absolute atomic E-state index is 10.8. The van der Waals surface area contributed by atoms with Crippen molar-refractivity contribution >= 4 is 5.91 Å². The minimum atomic E-state index is -1.63. The van der Waals surface area contributed by atoms with Gasteiger partial charge >= 0.3 is 0 Å². The lowest BCUT2D eigenvalue weighted by Gasteiger charge is -2.14. The fourth-order valence-electron chi connectivity index (χ4n) is 1.62. The van der Waals surface area contributed by atoms with Gasteiger partial charge in [0.15, 0.2) is 6.29 Å². The van der Waals surface area contributed by atoms with Gasteiger partial charge in [-0.1, -0.05) is 31.8 Å². The molecule has 0 bridgehead atoms. The SMILES string of the molecule is C=CCCCCCCCC(C(N)=O)C(O)O. The number of hydrogen-bond donors (Lipinski definition) is 3. The fourth-order valence-corrected chi connectivity index (χ4v) is 1.62. The molecule has 4 nitrogen and oxygen atoms in total. The number of amides is 1. The maximum Gasteiger partial charge on any atom is 0.225 e. The summed E-state index contributed by atoms with van der Waals surface area (Å²) in [5.74, 6) is -1.46. The standard InChI is InChI=1S/C12H23NO3/c1-2-3-4-5-6-7-8-9-10(11(13)14)12(15)16/h2,10,12,15-16H,1,3-9H2,(H2,13,14). The van der Waals surface area contributed by atoms with Gasteiger partial charge in [0, 0.05) is 0 Å². The van der Waals surface area contributed by atoms with E-state index in [0.717, 1.165) is 38.5 Å². The highest BCUT2D eigenvalue weighted by atomic mass is 16.5. The number of carbonyl (C=O) groups excluding carboxylic acids is 1. The third kappa shape index (κ3) is 7.43. The largest absolute Gasteiger partial charge is 0.369 e. The summed E-state index contributed by atoms with van der Waals surface area (Å²) in [6.45, 7) is 3.65. The third-order valence-electron chi connectivity index (χ3n) is 2.65. The summed E-state index contributed by atoms with van der Waals surface area (Å²) in [6, 6.07) is 0. The van der Waals surface area contributed by atoms with E-state index in [1.54, 1.807) is 0 Å². The Morgan fingerprint density at radius 1 is 1.19 bits per heavy atom. The molecule has 1 unspecified atom stereocenters. The van der Waals surface area contributed by atoms with Crippen LogP contribution in [-0.4, -0.2) is 22.4 Å². The summed E-state index contributed by atoms with van der Waals surface area (Å²) in [7, 11) is 0. The molecule has 0 aliphatic heterocycles. The first-order valence-electron chi connectivity index (χ1n) is 5.86. The van der Waals surface area contributed by atoms with E-state index in [1.165, 1.54) is 0 Å². The van der Waals surface area contributed by atoms with Crippen LogP contribution < -0.4 is 5.73 Å². The van der Waals surface area contributed by atoms with Crippen LogP contribution in [0, 0.1) is 5.92 Å². The first kappa shape index (κ1) is 15.1. The van der Waals surface area contributed by atoms with Crippen LogP contribution in [0.3, 0.4) is 0 Å². The lowest BCUT2D eigenvalue weighted by atomic mass is 9.99. The maximum atomic E-state index is 10.8. The molecule has 1 atom stereocenters. The van der Waals surface area contributed by atoms with Gasteiger partial charge in [0.25, 0.3) is 0 Å². The van der Waals surface area contributed by atoms with Crippen LogP contribution in [0.2, 0.25) is 0 Å². The molecule has 0 radical (unpaired) electrons. The fraction of sp³-hybridized carbons (Fsp3) is 0.750. The first-order valence-corrected chi connectivity index (χ1v) is 5.86. The zero-order valence-corrected chi connectivity index (χ0v) is 9.77. The van der Waals surface area contributed by atoms with E-state index >= 15 is 0 Å². The summed E-state index contributed by atoms with van der Waals surface area (Å²) in [4.78, 5) is 10.8. The van der Waals surface area contributed by atoms with Crippen molar-refractivity contribution in [1.82, 2.24) is 0 Å². The lowest BCUT2D eigenvalue weighted by molar-refractivity contribution is -0.139. The van der Waals surface area contributed by atoms with Gasteiger partial charge in [-0.3, -0.25) is 4.79 Å². The van der Waals surface area contributed by atoms with E-state index in [-0.39, 0.29) is 0 Å². The summed E-state index contributed by atoms with van der Waals surface area (Å²) in [5.41, 5.74) is 5.05. The molecule has 94 valence electrons. The molecule has 0 heterocycles. The van der Waals surface area contributed by atoms with Crippen molar-refractivity contribution in [3.63, 3.8) is 0 Å². The van der Waals surface area contributed by atoms with Gasteiger partial charge in [-0.15, -0.1) is 6.58 Å². The molecule has 0 saturated carbocycles. The second-order valence-electron chi connectivity index (χ2n) is 4.06. The van der Waals surface area contributed by atoms with Gasteiger partial charge in [-0.05, 0) is 19.3 Å².